The molecule has 2 aromatic rings. The summed E-state index contributed by atoms with van der Waals surface area (Å²) < 4.78 is 13.7. The number of ether oxygens (including phenoxy) is 1. The Bertz CT molecular complexity index is 812. The van der Waals surface area contributed by atoms with E-state index < -0.39 is 30.6 Å². The quantitative estimate of drug-likeness (QED) is 0.621. The molecule has 2 aromatic carbocycles. The summed E-state index contributed by atoms with van der Waals surface area (Å²) in [5.74, 6) is -1.55. The van der Waals surface area contributed by atoms with Crippen molar-refractivity contribution in [1.82, 2.24) is 5.32 Å². The molecule has 0 radical (unpaired) electrons. The highest BCUT2D eigenvalue weighted by molar-refractivity contribution is 5.81. The monoisotopic (exact) mass is 369 g/mol. The fourth-order valence-corrected chi connectivity index (χ4v) is 3.40. The summed E-state index contributed by atoms with van der Waals surface area (Å²) in [7, 11) is 0. The van der Waals surface area contributed by atoms with E-state index >= 15 is 0 Å². The maximum Gasteiger partial charge on any atom is 0.407 e. The molecule has 142 valence electrons. The van der Waals surface area contributed by atoms with Crippen LogP contribution in [0.1, 0.15) is 37.7 Å². The van der Waals surface area contributed by atoms with E-state index in [1.165, 1.54) is 0 Å². The Balaban J connectivity index is 1.71. The van der Waals surface area contributed by atoms with Gasteiger partial charge in [0, 0.05) is 5.92 Å². The van der Waals surface area contributed by atoms with Crippen LogP contribution in [0.15, 0.2) is 48.5 Å². The van der Waals surface area contributed by atoms with Crippen LogP contribution in [0.4, 0.5) is 4.79 Å². The fraction of sp³-hybridized carbons (Fsp3) is 0.333. The van der Waals surface area contributed by atoms with E-state index in [1.54, 1.807) is 0 Å². The topological polar surface area (TPSA) is 102 Å². The number of rotatable bonds is 8. The first-order chi connectivity index (χ1) is 13.5. The number of hydrogen-bond donors (Lipinski definition) is 3. The van der Waals surface area contributed by atoms with E-state index in [2.05, 4.69) is 5.32 Å². The smallest absolute Gasteiger partial charge is 0.407 e. The third-order valence-electron chi connectivity index (χ3n) is 4.73. The number of carbonyl (C=O) groups is 2. The molecule has 0 saturated carbocycles. The predicted octanol–water partition coefficient (Wildman–Crippen LogP) is 3.11. The van der Waals surface area contributed by atoms with Gasteiger partial charge < -0.3 is 20.9 Å². The normalized spacial score (nSPS) is 15.2. The zero-order chi connectivity index (χ0) is 20.1. The van der Waals surface area contributed by atoms with Crippen LogP contribution in [0.3, 0.4) is 0 Å². The third-order valence-corrected chi connectivity index (χ3v) is 4.73. The Morgan fingerprint density at radius 3 is 2.26 bits per heavy atom. The molecule has 1 unspecified atom stereocenters. The summed E-state index contributed by atoms with van der Waals surface area (Å²) in [6.45, 7) is -0.727. The summed E-state index contributed by atoms with van der Waals surface area (Å²) >= 11 is 0. The Kier molecular flexibility index (Phi) is 5.64. The average molecular weight is 369 g/mol. The van der Waals surface area contributed by atoms with Gasteiger partial charge in [0.25, 0.3) is 0 Å². The van der Waals surface area contributed by atoms with Crippen molar-refractivity contribution in [2.24, 2.45) is 5.73 Å². The Morgan fingerprint density at radius 2 is 1.70 bits per heavy atom. The lowest BCUT2D eigenvalue weighted by molar-refractivity contribution is -0.139. The fourth-order valence-electron chi connectivity index (χ4n) is 3.40. The zero-order valence-electron chi connectivity index (χ0n) is 15.9. The lowest BCUT2D eigenvalue weighted by atomic mass is 9.98. The average Bonchev–Trinajstić information content (AvgIpc) is 3.02. The van der Waals surface area contributed by atoms with Gasteiger partial charge in [-0.25, -0.2) is 9.59 Å². The number of amides is 1. The summed E-state index contributed by atoms with van der Waals surface area (Å²) in [4.78, 5) is 23.6. The van der Waals surface area contributed by atoms with Crippen LogP contribution in [0.2, 0.25) is 0 Å². The van der Waals surface area contributed by atoms with Crippen LogP contribution in [0, 0.1) is 0 Å². The molecule has 1 aliphatic rings. The van der Waals surface area contributed by atoms with Crippen molar-refractivity contribution in [3.63, 3.8) is 0 Å². The minimum Gasteiger partial charge on any atom is -0.480 e. The Labute approximate surface area is 159 Å². The van der Waals surface area contributed by atoms with Gasteiger partial charge in [-0.3, -0.25) is 0 Å². The van der Waals surface area contributed by atoms with Crippen molar-refractivity contribution in [1.29, 1.82) is 0 Å². The molecule has 1 amide bonds. The first-order valence-electron chi connectivity index (χ1n) is 9.61. The number of carboxylic acid groups (broad SMARTS) is 1. The maximum atomic E-state index is 12.2. The van der Waals surface area contributed by atoms with E-state index in [-0.39, 0.29) is 6.42 Å². The van der Waals surface area contributed by atoms with Gasteiger partial charge in [-0.1, -0.05) is 48.5 Å². The molecule has 0 spiro atoms. The number of nitrogens with one attached hydrogen (secondary N) is 1. The van der Waals surface area contributed by atoms with Crippen molar-refractivity contribution >= 4 is 12.1 Å². The summed E-state index contributed by atoms with van der Waals surface area (Å²) in [5, 5.41) is 11.6. The second kappa shape index (κ2) is 8.68. The molecular formula is C21H24N2O4. The van der Waals surface area contributed by atoms with Gasteiger partial charge >= 0.3 is 12.1 Å². The summed E-state index contributed by atoms with van der Waals surface area (Å²) in [6, 6.07) is 14.4. The van der Waals surface area contributed by atoms with E-state index in [0.717, 1.165) is 22.3 Å². The van der Waals surface area contributed by atoms with Crippen molar-refractivity contribution in [3.8, 4) is 11.1 Å². The lowest BCUT2D eigenvalue weighted by Crippen LogP contribution is -2.41. The van der Waals surface area contributed by atoms with Crippen LogP contribution in [-0.4, -0.2) is 36.3 Å². The lowest BCUT2D eigenvalue weighted by Gasteiger charge is -2.17. The number of benzene rings is 2. The SMILES string of the molecule is [2H]C(OC(=O)N[C@@H](CCCCN)C(=O)O)C1c2ccccc2-c2ccccc21. The molecule has 0 bridgehead atoms. The highest BCUT2D eigenvalue weighted by Crippen LogP contribution is 2.44. The molecule has 4 N–H and O–H groups in total. The van der Waals surface area contributed by atoms with Crippen LogP contribution in [-0.2, 0) is 9.53 Å². The van der Waals surface area contributed by atoms with Gasteiger partial charge in [0.2, 0.25) is 0 Å². The minimum atomic E-state index is -1.19. The molecule has 6 nitrogen and oxygen atoms in total. The van der Waals surface area contributed by atoms with Gasteiger partial charge in [0.05, 0.1) is 1.37 Å². The molecule has 0 heterocycles. The van der Waals surface area contributed by atoms with Crippen molar-refractivity contribution < 1.29 is 20.8 Å². The first-order valence-corrected chi connectivity index (χ1v) is 9.03. The van der Waals surface area contributed by atoms with Crippen LogP contribution >= 0.6 is 0 Å². The maximum absolute atomic E-state index is 12.2. The zero-order valence-corrected chi connectivity index (χ0v) is 14.9. The second-order valence-corrected chi connectivity index (χ2v) is 6.51. The molecule has 0 fully saturated rings. The predicted molar refractivity (Wildman–Crippen MR) is 103 cm³/mol. The number of alkyl carbamates (subject to hydrolysis) is 1. The van der Waals surface area contributed by atoms with Gasteiger partial charge in [-0.15, -0.1) is 0 Å². The standard InChI is InChI=1S/C21H24N2O4/c22-12-6-5-11-19(20(24)25)23-21(26)27-13-18-16-9-3-1-7-14(16)15-8-2-4-10-17(15)18/h1-4,7-10,18-19H,5-6,11-13,22H2,(H,23,26)(H,24,25)/t19-/m0/s1/i13D/t13?,19-. The third kappa shape index (κ3) is 4.28. The van der Waals surface area contributed by atoms with E-state index in [1.807, 2.05) is 48.5 Å². The van der Waals surface area contributed by atoms with Gasteiger partial charge in [-0.2, -0.15) is 0 Å². The minimum absolute atomic E-state index is 0.263. The number of aliphatic carboxylic acids is 1. The van der Waals surface area contributed by atoms with Gasteiger partial charge in [0.1, 0.15) is 12.6 Å². The number of carboxylic acids is 1. The van der Waals surface area contributed by atoms with Gasteiger partial charge in [-0.05, 0) is 48.1 Å². The number of fused-ring (bicyclic) bond motifs is 3. The van der Waals surface area contributed by atoms with E-state index in [4.69, 9.17) is 11.8 Å². The number of carbonyl (C=O) groups excluding carboxylic acids is 1. The largest absolute Gasteiger partial charge is 0.480 e. The molecule has 1 aliphatic carbocycles. The highest BCUT2D eigenvalue weighted by Gasteiger charge is 2.29. The summed E-state index contributed by atoms with van der Waals surface area (Å²) in [5.41, 5.74) is 9.32. The van der Waals surface area contributed by atoms with Crippen molar-refractivity contribution in [3.05, 3.63) is 59.7 Å². The molecule has 27 heavy (non-hydrogen) atoms. The molecule has 0 aromatic heterocycles. The number of nitrogens with two attached hydrogens (primary N) is 1. The molecule has 6 heteroatoms. The second-order valence-electron chi connectivity index (χ2n) is 6.51. The molecule has 3 rings (SSSR count). The number of unbranched alkanes of at least 4 members (excludes halogenated alkanes) is 1. The van der Waals surface area contributed by atoms with Crippen molar-refractivity contribution in [2.45, 2.75) is 31.2 Å². The molecular weight excluding hydrogens is 344 g/mol. The Hall–Kier alpha value is -2.86. The first kappa shape index (κ1) is 17.5. The Morgan fingerprint density at radius 1 is 1.11 bits per heavy atom. The van der Waals surface area contributed by atoms with Crippen LogP contribution in [0.5, 0.6) is 0 Å². The molecule has 0 aliphatic heterocycles. The molecule has 0 saturated heterocycles. The van der Waals surface area contributed by atoms with Gasteiger partial charge in [0.15, 0.2) is 0 Å². The highest BCUT2D eigenvalue weighted by atomic mass is 16.5. The van der Waals surface area contributed by atoms with E-state index in [9.17, 15) is 14.7 Å². The van der Waals surface area contributed by atoms with E-state index in [0.29, 0.717) is 19.4 Å². The van der Waals surface area contributed by atoms with Crippen molar-refractivity contribution in [2.75, 3.05) is 13.1 Å². The van der Waals surface area contributed by atoms with Crippen LogP contribution < -0.4 is 11.1 Å². The number of hydrogen-bond acceptors (Lipinski definition) is 4. The molecule has 2 atom stereocenters. The summed E-state index contributed by atoms with van der Waals surface area (Å²) in [6.07, 6.45) is 0.625. The van der Waals surface area contributed by atoms with Crippen LogP contribution in [0.25, 0.3) is 11.1 Å².